The quantitative estimate of drug-likeness (QED) is 0.519. The van der Waals surface area contributed by atoms with Crippen molar-refractivity contribution in [2.45, 2.75) is 65.2 Å². The van der Waals surface area contributed by atoms with Crippen molar-refractivity contribution in [2.24, 2.45) is 5.92 Å². The number of hydrogen-bond donors (Lipinski definition) is 1. The number of carboxylic acids is 1. The Balaban J connectivity index is 0. The predicted molar refractivity (Wildman–Crippen MR) is 59.4 cm³/mol. The topological polar surface area (TPSA) is 37.3 Å². The maximum absolute atomic E-state index is 10.5. The average molecular weight is 308 g/mol. The van der Waals surface area contributed by atoms with Crippen LogP contribution in [0.2, 0.25) is 0 Å². The van der Waals surface area contributed by atoms with Gasteiger partial charge in [-0.25, -0.2) is 0 Å². The van der Waals surface area contributed by atoms with E-state index < -0.39 is 5.97 Å². The molecule has 0 aromatic rings. The minimum atomic E-state index is -0.656. The van der Waals surface area contributed by atoms with E-state index in [2.05, 4.69) is 6.92 Å². The van der Waals surface area contributed by atoms with Gasteiger partial charge in [-0.2, -0.15) is 0 Å². The van der Waals surface area contributed by atoms with E-state index >= 15 is 0 Å². The third-order valence-corrected chi connectivity index (χ3v) is 2.66. The van der Waals surface area contributed by atoms with E-state index in [1.807, 2.05) is 0 Å². The molecule has 2 nitrogen and oxygen atoms in total. The molecule has 0 fully saturated rings. The van der Waals surface area contributed by atoms with Gasteiger partial charge in [0.2, 0.25) is 0 Å². The molecule has 1 N–H and O–H groups in total. The van der Waals surface area contributed by atoms with Crippen molar-refractivity contribution in [3.8, 4) is 0 Å². The molecule has 3 heteroatoms. The van der Waals surface area contributed by atoms with Gasteiger partial charge in [-0.1, -0.05) is 58.8 Å². The summed E-state index contributed by atoms with van der Waals surface area (Å²) >= 11 is 0. The zero-order valence-corrected chi connectivity index (χ0v) is 11.4. The Bertz CT molecular complexity index is 149. The van der Waals surface area contributed by atoms with Crippen LogP contribution in [0.15, 0.2) is 0 Å². The molecule has 0 aromatic carbocycles. The van der Waals surface area contributed by atoms with Crippen LogP contribution in [0.3, 0.4) is 0 Å². The molecular weight excluding hydrogens is 284 g/mol. The number of unbranched alkanes of at least 4 members (excludes halogenated alkanes) is 6. The summed E-state index contributed by atoms with van der Waals surface area (Å²) in [5, 5.41) is 8.65. The Morgan fingerprint density at radius 2 is 1.53 bits per heavy atom. The van der Waals surface area contributed by atoms with Crippen molar-refractivity contribution in [1.29, 1.82) is 0 Å². The van der Waals surface area contributed by atoms with Crippen molar-refractivity contribution >= 4 is 5.97 Å². The van der Waals surface area contributed by atoms with E-state index in [1.165, 1.54) is 38.5 Å². The van der Waals surface area contributed by atoms with Crippen molar-refractivity contribution < 1.29 is 32.3 Å². The van der Waals surface area contributed by atoms with E-state index in [-0.39, 0.29) is 28.3 Å². The fourth-order valence-corrected chi connectivity index (χ4v) is 1.53. The van der Waals surface area contributed by atoms with Crippen LogP contribution in [-0.4, -0.2) is 11.1 Å². The second-order valence-electron chi connectivity index (χ2n) is 4.15. The first kappa shape index (κ1) is 17.6. The summed E-state index contributed by atoms with van der Waals surface area (Å²) in [6.07, 6.45) is 9.65. The molecular formula is C12H24AgO2. The third kappa shape index (κ3) is 12.1. The molecule has 0 saturated carbocycles. The SMILES string of the molecule is CCCCCCCCCC(C)C(=O)O.[Ag]. The Morgan fingerprint density at radius 3 is 2.00 bits per heavy atom. The normalized spacial score (nSPS) is 11.9. The van der Waals surface area contributed by atoms with E-state index in [0.29, 0.717) is 0 Å². The zero-order valence-electron chi connectivity index (χ0n) is 9.89. The molecule has 0 aliphatic heterocycles. The van der Waals surface area contributed by atoms with Crippen LogP contribution in [0.4, 0.5) is 0 Å². The molecule has 0 aromatic heterocycles. The minimum absolute atomic E-state index is 0. The number of carboxylic acid groups (broad SMARTS) is 1. The summed E-state index contributed by atoms with van der Waals surface area (Å²) in [6, 6.07) is 0. The fourth-order valence-electron chi connectivity index (χ4n) is 1.53. The van der Waals surface area contributed by atoms with Gasteiger partial charge in [0.1, 0.15) is 0 Å². The summed E-state index contributed by atoms with van der Waals surface area (Å²) in [6.45, 7) is 4.01. The summed E-state index contributed by atoms with van der Waals surface area (Å²) in [5.74, 6) is -0.818. The Labute approximate surface area is 109 Å². The van der Waals surface area contributed by atoms with Crippen LogP contribution in [-0.2, 0) is 27.2 Å². The standard InChI is InChI=1S/C12H24O2.Ag/c1-3-4-5-6-7-8-9-10-11(2)12(13)14;/h11H,3-10H2,1-2H3,(H,13,14);. The van der Waals surface area contributed by atoms with Gasteiger partial charge in [-0.15, -0.1) is 0 Å². The van der Waals surface area contributed by atoms with Crippen molar-refractivity contribution in [3.63, 3.8) is 0 Å². The fraction of sp³-hybridized carbons (Fsp3) is 0.917. The van der Waals surface area contributed by atoms with E-state index in [4.69, 9.17) is 5.11 Å². The Hall–Kier alpha value is 0.210. The summed E-state index contributed by atoms with van der Waals surface area (Å²) < 4.78 is 0. The van der Waals surface area contributed by atoms with Crippen LogP contribution < -0.4 is 0 Å². The van der Waals surface area contributed by atoms with Gasteiger partial charge in [0.15, 0.2) is 0 Å². The molecule has 0 aliphatic rings. The van der Waals surface area contributed by atoms with Crippen LogP contribution in [0.1, 0.15) is 65.2 Å². The maximum Gasteiger partial charge on any atom is 0.306 e. The molecule has 1 atom stereocenters. The molecule has 0 aliphatic carbocycles. The van der Waals surface area contributed by atoms with Crippen LogP contribution in [0.5, 0.6) is 0 Å². The van der Waals surface area contributed by atoms with Gasteiger partial charge >= 0.3 is 5.97 Å². The van der Waals surface area contributed by atoms with Crippen LogP contribution >= 0.6 is 0 Å². The molecule has 0 rings (SSSR count). The van der Waals surface area contributed by atoms with Gasteiger partial charge in [-0.3, -0.25) is 4.79 Å². The second kappa shape index (κ2) is 12.3. The minimum Gasteiger partial charge on any atom is -0.481 e. The predicted octanol–water partition coefficient (Wildman–Crippen LogP) is 3.85. The second-order valence-corrected chi connectivity index (χ2v) is 4.15. The van der Waals surface area contributed by atoms with Gasteiger partial charge in [0, 0.05) is 22.4 Å². The first-order valence-corrected chi connectivity index (χ1v) is 5.91. The number of aliphatic carboxylic acids is 1. The molecule has 0 heterocycles. The van der Waals surface area contributed by atoms with E-state index in [1.54, 1.807) is 6.92 Å². The van der Waals surface area contributed by atoms with Crippen molar-refractivity contribution in [3.05, 3.63) is 0 Å². The summed E-state index contributed by atoms with van der Waals surface area (Å²) in [5.41, 5.74) is 0. The average Bonchev–Trinajstić information content (AvgIpc) is 2.16. The Kier molecular flexibility index (Phi) is 14.4. The monoisotopic (exact) mass is 307 g/mol. The summed E-state index contributed by atoms with van der Waals surface area (Å²) in [4.78, 5) is 10.5. The molecule has 95 valence electrons. The van der Waals surface area contributed by atoms with Crippen molar-refractivity contribution in [2.75, 3.05) is 0 Å². The zero-order chi connectivity index (χ0) is 10.8. The van der Waals surface area contributed by atoms with E-state index in [9.17, 15) is 4.79 Å². The summed E-state index contributed by atoms with van der Waals surface area (Å²) in [7, 11) is 0. The molecule has 0 saturated heterocycles. The Morgan fingerprint density at radius 1 is 1.07 bits per heavy atom. The van der Waals surface area contributed by atoms with Crippen LogP contribution in [0, 0.1) is 5.92 Å². The van der Waals surface area contributed by atoms with Crippen molar-refractivity contribution in [1.82, 2.24) is 0 Å². The molecule has 0 amide bonds. The number of rotatable bonds is 9. The van der Waals surface area contributed by atoms with E-state index in [0.717, 1.165) is 12.8 Å². The first-order valence-electron chi connectivity index (χ1n) is 5.91. The van der Waals surface area contributed by atoms with Crippen LogP contribution in [0.25, 0.3) is 0 Å². The van der Waals surface area contributed by atoms with Gasteiger partial charge in [0.05, 0.1) is 5.92 Å². The van der Waals surface area contributed by atoms with Gasteiger partial charge < -0.3 is 5.11 Å². The smallest absolute Gasteiger partial charge is 0.306 e. The third-order valence-electron chi connectivity index (χ3n) is 2.66. The molecule has 0 spiro atoms. The molecule has 15 heavy (non-hydrogen) atoms. The molecule has 0 bridgehead atoms. The largest absolute Gasteiger partial charge is 0.481 e. The van der Waals surface area contributed by atoms with Gasteiger partial charge in [-0.05, 0) is 6.42 Å². The number of hydrogen-bond acceptors (Lipinski definition) is 1. The molecule has 1 unspecified atom stereocenters. The first-order chi connectivity index (χ1) is 6.68. The maximum atomic E-state index is 10.5. The number of carbonyl (C=O) groups is 1. The van der Waals surface area contributed by atoms with Gasteiger partial charge in [0.25, 0.3) is 0 Å². The molecule has 1 radical (unpaired) electrons.